The van der Waals surface area contributed by atoms with Crippen molar-refractivity contribution < 1.29 is 17.9 Å². The molecule has 35 heavy (non-hydrogen) atoms. The number of sulfonamides is 1. The van der Waals surface area contributed by atoms with E-state index in [0.29, 0.717) is 49.2 Å². The van der Waals surface area contributed by atoms with Crippen molar-refractivity contribution in [2.24, 2.45) is 0 Å². The van der Waals surface area contributed by atoms with E-state index in [1.54, 1.807) is 41.3 Å². The van der Waals surface area contributed by atoms with Gasteiger partial charge in [-0.05, 0) is 61.5 Å². The Morgan fingerprint density at radius 2 is 1.63 bits per heavy atom. The first kappa shape index (κ1) is 24.9. The van der Waals surface area contributed by atoms with E-state index in [2.05, 4.69) is 4.90 Å². The second-order valence-electron chi connectivity index (χ2n) is 8.10. The summed E-state index contributed by atoms with van der Waals surface area (Å²) in [7, 11) is -3.97. The van der Waals surface area contributed by atoms with E-state index in [9.17, 15) is 13.2 Å². The van der Waals surface area contributed by atoms with Gasteiger partial charge in [-0.1, -0.05) is 35.9 Å². The Labute approximate surface area is 211 Å². The number of hydrogen-bond donors (Lipinski definition) is 0. The fourth-order valence-electron chi connectivity index (χ4n) is 4.02. The number of rotatable bonds is 8. The van der Waals surface area contributed by atoms with Crippen LogP contribution in [0.4, 0.5) is 11.4 Å². The van der Waals surface area contributed by atoms with Crippen LogP contribution in [-0.4, -0.2) is 58.6 Å². The molecule has 1 aliphatic heterocycles. The highest BCUT2D eigenvalue weighted by Gasteiger charge is 2.30. The van der Waals surface area contributed by atoms with Crippen LogP contribution in [0.2, 0.25) is 5.02 Å². The van der Waals surface area contributed by atoms with Crippen molar-refractivity contribution in [2.75, 3.05) is 48.5 Å². The van der Waals surface area contributed by atoms with E-state index in [1.165, 1.54) is 16.4 Å². The lowest BCUT2D eigenvalue weighted by molar-refractivity contribution is -0.129. The number of ether oxygens (including phenoxy) is 1. The molecule has 1 amide bonds. The zero-order valence-corrected chi connectivity index (χ0v) is 21.1. The molecule has 0 aromatic heterocycles. The van der Waals surface area contributed by atoms with Gasteiger partial charge in [0.05, 0.1) is 17.2 Å². The molecule has 0 spiro atoms. The van der Waals surface area contributed by atoms with Gasteiger partial charge in [0.1, 0.15) is 12.3 Å². The Hall–Kier alpha value is -3.23. The van der Waals surface area contributed by atoms with Gasteiger partial charge in [-0.2, -0.15) is 0 Å². The first-order valence-electron chi connectivity index (χ1n) is 11.5. The second-order valence-corrected chi connectivity index (χ2v) is 10.4. The lowest BCUT2D eigenvalue weighted by Crippen LogP contribution is -2.52. The maximum atomic E-state index is 13.6. The molecule has 7 nitrogen and oxygen atoms in total. The summed E-state index contributed by atoms with van der Waals surface area (Å²) >= 11 is 6.12. The summed E-state index contributed by atoms with van der Waals surface area (Å²) in [6.45, 7) is 4.35. The maximum absolute atomic E-state index is 13.6. The lowest BCUT2D eigenvalue weighted by atomic mass is 10.2. The molecule has 0 saturated carbocycles. The third-order valence-electron chi connectivity index (χ3n) is 5.85. The lowest BCUT2D eigenvalue weighted by Gasteiger charge is -2.37. The SMILES string of the molecule is CCOc1ccc(S(=O)(=O)N(CC(=O)N2CCN(c3cccc(Cl)c3)CC2)c2ccccc2)cc1. The highest BCUT2D eigenvalue weighted by molar-refractivity contribution is 7.92. The summed E-state index contributed by atoms with van der Waals surface area (Å²) in [6, 6.07) is 22.6. The summed E-state index contributed by atoms with van der Waals surface area (Å²) < 4.78 is 33.8. The fourth-order valence-corrected chi connectivity index (χ4v) is 5.62. The van der Waals surface area contributed by atoms with Crippen molar-refractivity contribution in [1.29, 1.82) is 0 Å². The number of para-hydroxylation sites is 1. The summed E-state index contributed by atoms with van der Waals surface area (Å²) in [4.78, 5) is 17.2. The summed E-state index contributed by atoms with van der Waals surface area (Å²) in [5.41, 5.74) is 1.45. The Kier molecular flexibility index (Phi) is 7.83. The van der Waals surface area contributed by atoms with Gasteiger partial charge in [0.15, 0.2) is 0 Å². The third-order valence-corrected chi connectivity index (χ3v) is 7.87. The minimum absolute atomic E-state index is 0.100. The van der Waals surface area contributed by atoms with Crippen LogP contribution < -0.4 is 13.9 Å². The fraction of sp³-hybridized carbons (Fsp3) is 0.269. The Morgan fingerprint density at radius 1 is 0.943 bits per heavy atom. The number of piperazine rings is 1. The van der Waals surface area contributed by atoms with E-state index in [-0.39, 0.29) is 17.3 Å². The number of benzene rings is 3. The molecule has 0 bridgehead atoms. The van der Waals surface area contributed by atoms with Crippen LogP contribution in [0, 0.1) is 0 Å². The minimum atomic E-state index is -3.97. The molecule has 0 atom stereocenters. The van der Waals surface area contributed by atoms with Crippen LogP contribution in [0.1, 0.15) is 6.92 Å². The molecular weight excluding hydrogens is 486 g/mol. The molecule has 9 heteroatoms. The molecule has 3 aromatic carbocycles. The normalized spacial score (nSPS) is 14.0. The van der Waals surface area contributed by atoms with Crippen molar-refractivity contribution in [3.63, 3.8) is 0 Å². The second kappa shape index (κ2) is 11.0. The number of carbonyl (C=O) groups is 1. The molecule has 0 unspecified atom stereocenters. The minimum Gasteiger partial charge on any atom is -0.494 e. The summed E-state index contributed by atoms with van der Waals surface area (Å²) in [5.74, 6) is 0.348. The number of anilines is 2. The molecular formula is C26H28ClN3O4S. The number of nitrogens with zero attached hydrogens (tertiary/aromatic N) is 3. The molecule has 0 aliphatic carbocycles. The van der Waals surface area contributed by atoms with E-state index in [4.69, 9.17) is 16.3 Å². The highest BCUT2D eigenvalue weighted by Crippen LogP contribution is 2.26. The Balaban J connectivity index is 1.51. The molecule has 1 heterocycles. The maximum Gasteiger partial charge on any atom is 0.264 e. The van der Waals surface area contributed by atoms with Crippen LogP contribution in [0.3, 0.4) is 0 Å². The van der Waals surface area contributed by atoms with Crippen molar-refractivity contribution in [1.82, 2.24) is 4.90 Å². The van der Waals surface area contributed by atoms with E-state index in [1.807, 2.05) is 37.3 Å². The average Bonchev–Trinajstić information content (AvgIpc) is 2.88. The van der Waals surface area contributed by atoms with Crippen LogP contribution >= 0.6 is 11.6 Å². The molecule has 184 valence electrons. The smallest absolute Gasteiger partial charge is 0.264 e. The summed E-state index contributed by atoms with van der Waals surface area (Å²) in [6.07, 6.45) is 0. The molecule has 4 rings (SSSR count). The first-order chi connectivity index (χ1) is 16.9. The van der Waals surface area contributed by atoms with Crippen molar-refractivity contribution in [3.8, 4) is 5.75 Å². The van der Waals surface area contributed by atoms with Crippen LogP contribution in [0.15, 0.2) is 83.8 Å². The zero-order chi connectivity index (χ0) is 24.8. The van der Waals surface area contributed by atoms with Gasteiger partial charge in [-0.15, -0.1) is 0 Å². The van der Waals surface area contributed by atoms with Gasteiger partial charge >= 0.3 is 0 Å². The van der Waals surface area contributed by atoms with Crippen LogP contribution in [-0.2, 0) is 14.8 Å². The predicted octanol–water partition coefficient (Wildman–Crippen LogP) is 4.28. The third kappa shape index (κ3) is 5.89. The number of amides is 1. The average molecular weight is 514 g/mol. The summed E-state index contributed by atoms with van der Waals surface area (Å²) in [5, 5.41) is 0.666. The molecule has 3 aromatic rings. The van der Waals surface area contributed by atoms with Gasteiger partial charge in [0.25, 0.3) is 10.0 Å². The number of carbonyl (C=O) groups excluding carboxylic acids is 1. The van der Waals surface area contributed by atoms with Gasteiger partial charge in [-0.25, -0.2) is 8.42 Å². The van der Waals surface area contributed by atoms with Gasteiger partial charge in [0, 0.05) is 36.9 Å². The molecule has 1 aliphatic rings. The number of halogens is 1. The highest BCUT2D eigenvalue weighted by atomic mass is 35.5. The molecule has 0 radical (unpaired) electrons. The van der Waals surface area contributed by atoms with E-state index in [0.717, 1.165) is 5.69 Å². The molecule has 1 fully saturated rings. The number of hydrogen-bond acceptors (Lipinski definition) is 5. The Bertz CT molecular complexity index is 1250. The van der Waals surface area contributed by atoms with Crippen molar-refractivity contribution >= 4 is 38.9 Å². The predicted molar refractivity (Wildman–Crippen MR) is 139 cm³/mol. The quantitative estimate of drug-likeness (QED) is 0.449. The van der Waals surface area contributed by atoms with Gasteiger partial charge in [0.2, 0.25) is 5.91 Å². The first-order valence-corrected chi connectivity index (χ1v) is 13.3. The topological polar surface area (TPSA) is 70.2 Å². The zero-order valence-electron chi connectivity index (χ0n) is 19.5. The van der Waals surface area contributed by atoms with Crippen LogP contribution in [0.25, 0.3) is 0 Å². The standard InChI is InChI=1S/C26H28ClN3O4S/c1-2-34-24-11-13-25(14-12-24)35(32,33)30(22-8-4-3-5-9-22)20-26(31)29-17-15-28(16-18-29)23-10-6-7-21(27)19-23/h3-14,19H,2,15-18,20H2,1H3. The van der Waals surface area contributed by atoms with Gasteiger partial charge < -0.3 is 14.5 Å². The van der Waals surface area contributed by atoms with Gasteiger partial charge in [-0.3, -0.25) is 9.10 Å². The van der Waals surface area contributed by atoms with Crippen molar-refractivity contribution in [2.45, 2.75) is 11.8 Å². The van der Waals surface area contributed by atoms with E-state index >= 15 is 0 Å². The van der Waals surface area contributed by atoms with E-state index < -0.39 is 10.0 Å². The van der Waals surface area contributed by atoms with Crippen molar-refractivity contribution in [3.05, 3.63) is 83.9 Å². The molecule has 0 N–H and O–H groups in total. The Morgan fingerprint density at radius 3 is 2.26 bits per heavy atom. The monoisotopic (exact) mass is 513 g/mol. The van der Waals surface area contributed by atoms with Crippen LogP contribution in [0.5, 0.6) is 5.75 Å². The molecule has 1 saturated heterocycles. The largest absolute Gasteiger partial charge is 0.494 e.